The molecule has 2 aromatic rings. The van der Waals surface area contributed by atoms with Crippen molar-refractivity contribution >= 4 is 5.97 Å². The monoisotopic (exact) mass is 301 g/mol. The number of benzene rings is 1. The van der Waals surface area contributed by atoms with Gasteiger partial charge in [-0.15, -0.1) is 5.10 Å². The van der Waals surface area contributed by atoms with E-state index in [9.17, 15) is 4.79 Å². The van der Waals surface area contributed by atoms with Crippen LogP contribution < -0.4 is 0 Å². The maximum absolute atomic E-state index is 10.4. The Morgan fingerprint density at radius 2 is 1.77 bits per heavy atom. The maximum Gasteiger partial charge on any atom is 0.303 e. The quantitative estimate of drug-likeness (QED) is 0.719. The van der Waals surface area contributed by atoms with Crippen LogP contribution in [0.5, 0.6) is 0 Å². The molecule has 0 aliphatic rings. The van der Waals surface area contributed by atoms with E-state index in [1.165, 1.54) is 0 Å². The normalized spacial score (nSPS) is 10.8. The Kier molecular flexibility index (Phi) is 6.13. The van der Waals surface area contributed by atoms with Crippen molar-refractivity contribution in [1.82, 2.24) is 15.0 Å². The molecule has 5 nitrogen and oxygen atoms in total. The molecular formula is C17H23N3O2. The number of carboxylic acid groups (broad SMARTS) is 1. The molecule has 22 heavy (non-hydrogen) atoms. The fourth-order valence-electron chi connectivity index (χ4n) is 2.54. The number of rotatable bonds is 9. The van der Waals surface area contributed by atoms with E-state index >= 15 is 0 Å². The fraction of sp³-hybridized carbons (Fsp3) is 0.471. The van der Waals surface area contributed by atoms with E-state index in [-0.39, 0.29) is 6.42 Å². The summed E-state index contributed by atoms with van der Waals surface area (Å²) in [5, 5.41) is 17.0. The summed E-state index contributed by atoms with van der Waals surface area (Å²) in [5.41, 5.74) is 3.19. The molecule has 0 saturated carbocycles. The van der Waals surface area contributed by atoms with Crippen LogP contribution in [0.1, 0.15) is 49.9 Å². The summed E-state index contributed by atoms with van der Waals surface area (Å²) in [6.45, 7) is 1.99. The molecule has 0 unspecified atom stereocenters. The molecule has 1 heterocycles. The van der Waals surface area contributed by atoms with Crippen molar-refractivity contribution in [2.24, 2.45) is 0 Å². The summed E-state index contributed by atoms with van der Waals surface area (Å²) >= 11 is 0. The molecule has 1 N–H and O–H groups in total. The molecule has 2 rings (SSSR count). The Morgan fingerprint density at radius 3 is 2.50 bits per heavy atom. The van der Waals surface area contributed by atoms with Crippen LogP contribution in [0.2, 0.25) is 0 Å². The molecule has 118 valence electrons. The number of nitrogens with zero attached hydrogens (tertiary/aromatic N) is 3. The zero-order valence-electron chi connectivity index (χ0n) is 13.0. The summed E-state index contributed by atoms with van der Waals surface area (Å²) in [7, 11) is 0. The van der Waals surface area contributed by atoms with E-state index in [2.05, 4.69) is 10.3 Å². The van der Waals surface area contributed by atoms with E-state index in [0.29, 0.717) is 0 Å². The molecule has 0 bridgehead atoms. The molecule has 0 amide bonds. The second kappa shape index (κ2) is 8.32. The molecular weight excluding hydrogens is 278 g/mol. The van der Waals surface area contributed by atoms with Gasteiger partial charge in [-0.1, -0.05) is 42.7 Å². The highest BCUT2D eigenvalue weighted by Gasteiger charge is 2.10. The minimum atomic E-state index is -0.700. The van der Waals surface area contributed by atoms with Gasteiger partial charge in [-0.25, -0.2) is 4.68 Å². The number of aromatic nitrogens is 3. The van der Waals surface area contributed by atoms with Gasteiger partial charge in [-0.2, -0.15) is 0 Å². The van der Waals surface area contributed by atoms with Gasteiger partial charge in [0.2, 0.25) is 0 Å². The largest absolute Gasteiger partial charge is 0.481 e. The third-order valence-electron chi connectivity index (χ3n) is 3.76. The van der Waals surface area contributed by atoms with Crippen LogP contribution in [0.25, 0.3) is 5.69 Å². The number of carbonyl (C=O) groups is 1. The number of para-hydroxylation sites is 1. The SMILES string of the molecule is Cc1nnn(-c2ccccc2)c1CCCCCCCC(=O)O. The molecule has 0 saturated heterocycles. The van der Waals surface area contributed by atoms with E-state index in [1.807, 2.05) is 41.9 Å². The Hall–Kier alpha value is -2.17. The van der Waals surface area contributed by atoms with Crippen LogP contribution in [0.3, 0.4) is 0 Å². The molecule has 0 spiro atoms. The van der Waals surface area contributed by atoms with Gasteiger partial charge in [0.1, 0.15) is 0 Å². The third kappa shape index (κ3) is 4.69. The van der Waals surface area contributed by atoms with Crippen LogP contribution in [0.4, 0.5) is 0 Å². The first-order valence-corrected chi connectivity index (χ1v) is 7.87. The standard InChI is InChI=1S/C17H23N3O2/c1-14-16(12-8-3-2-4-9-13-17(21)22)20(19-18-14)15-10-6-5-7-11-15/h5-7,10-11H,2-4,8-9,12-13H2,1H3,(H,21,22). The Bertz CT molecular complexity index is 593. The second-order valence-electron chi connectivity index (χ2n) is 5.53. The van der Waals surface area contributed by atoms with Crippen LogP contribution >= 0.6 is 0 Å². The van der Waals surface area contributed by atoms with E-state index in [4.69, 9.17) is 5.11 Å². The van der Waals surface area contributed by atoms with Crippen molar-refractivity contribution < 1.29 is 9.90 Å². The molecule has 0 radical (unpaired) electrons. The highest BCUT2D eigenvalue weighted by Crippen LogP contribution is 2.16. The summed E-state index contributed by atoms with van der Waals surface area (Å²) in [6.07, 6.45) is 6.27. The van der Waals surface area contributed by atoms with Gasteiger partial charge in [-0.3, -0.25) is 4.79 Å². The van der Waals surface area contributed by atoms with Gasteiger partial charge in [0, 0.05) is 6.42 Å². The number of carboxylic acids is 1. The average Bonchev–Trinajstić information content (AvgIpc) is 2.88. The van der Waals surface area contributed by atoms with E-state index in [0.717, 1.165) is 55.6 Å². The molecule has 0 aliphatic carbocycles. The molecule has 0 fully saturated rings. The van der Waals surface area contributed by atoms with E-state index in [1.54, 1.807) is 0 Å². The summed E-state index contributed by atoms with van der Waals surface area (Å²) in [5.74, 6) is -0.700. The van der Waals surface area contributed by atoms with E-state index < -0.39 is 5.97 Å². The van der Waals surface area contributed by atoms with Crippen molar-refractivity contribution in [2.75, 3.05) is 0 Å². The minimum absolute atomic E-state index is 0.282. The molecule has 0 aliphatic heterocycles. The predicted octanol–water partition coefficient (Wildman–Crippen LogP) is 3.54. The van der Waals surface area contributed by atoms with Crippen molar-refractivity contribution in [3.63, 3.8) is 0 Å². The van der Waals surface area contributed by atoms with Gasteiger partial charge in [-0.05, 0) is 38.3 Å². The zero-order valence-corrected chi connectivity index (χ0v) is 13.0. The minimum Gasteiger partial charge on any atom is -0.481 e. The molecule has 5 heteroatoms. The van der Waals surface area contributed by atoms with Gasteiger partial charge in [0.15, 0.2) is 0 Å². The number of hydrogen-bond acceptors (Lipinski definition) is 3. The number of unbranched alkanes of at least 4 members (excludes halogenated alkanes) is 4. The summed E-state index contributed by atoms with van der Waals surface area (Å²) in [4.78, 5) is 10.4. The van der Waals surface area contributed by atoms with Gasteiger partial charge in [0.05, 0.1) is 17.1 Å². The number of hydrogen-bond donors (Lipinski definition) is 1. The Labute approximate surface area is 131 Å². The smallest absolute Gasteiger partial charge is 0.303 e. The highest BCUT2D eigenvalue weighted by molar-refractivity contribution is 5.66. The summed E-state index contributed by atoms with van der Waals surface area (Å²) in [6, 6.07) is 10.0. The molecule has 1 aromatic heterocycles. The molecule has 1 aromatic carbocycles. The number of aliphatic carboxylic acids is 1. The lowest BCUT2D eigenvalue weighted by atomic mass is 10.1. The first kappa shape index (κ1) is 16.2. The lowest BCUT2D eigenvalue weighted by molar-refractivity contribution is -0.137. The van der Waals surface area contributed by atoms with Crippen molar-refractivity contribution in [3.8, 4) is 5.69 Å². The first-order valence-electron chi connectivity index (χ1n) is 7.87. The highest BCUT2D eigenvalue weighted by atomic mass is 16.4. The third-order valence-corrected chi connectivity index (χ3v) is 3.76. The van der Waals surface area contributed by atoms with Gasteiger partial charge in [0.25, 0.3) is 0 Å². The van der Waals surface area contributed by atoms with Crippen molar-refractivity contribution in [3.05, 3.63) is 41.7 Å². The number of aryl methyl sites for hydroxylation is 1. The lowest BCUT2D eigenvalue weighted by Crippen LogP contribution is -2.03. The molecule has 0 atom stereocenters. The second-order valence-corrected chi connectivity index (χ2v) is 5.53. The lowest BCUT2D eigenvalue weighted by Gasteiger charge is -2.07. The van der Waals surface area contributed by atoms with Crippen LogP contribution in [-0.2, 0) is 11.2 Å². The Balaban J connectivity index is 1.81. The van der Waals surface area contributed by atoms with Gasteiger partial charge >= 0.3 is 5.97 Å². The van der Waals surface area contributed by atoms with Gasteiger partial charge < -0.3 is 5.11 Å². The maximum atomic E-state index is 10.4. The van der Waals surface area contributed by atoms with Crippen LogP contribution in [0, 0.1) is 6.92 Å². The van der Waals surface area contributed by atoms with Crippen molar-refractivity contribution in [1.29, 1.82) is 0 Å². The van der Waals surface area contributed by atoms with Crippen molar-refractivity contribution in [2.45, 2.75) is 51.9 Å². The van der Waals surface area contributed by atoms with Crippen LogP contribution in [0.15, 0.2) is 30.3 Å². The topological polar surface area (TPSA) is 68.0 Å². The fourth-order valence-corrected chi connectivity index (χ4v) is 2.54. The predicted molar refractivity (Wildman–Crippen MR) is 85.1 cm³/mol. The first-order chi connectivity index (χ1) is 10.7. The summed E-state index contributed by atoms with van der Waals surface area (Å²) < 4.78 is 1.92. The zero-order chi connectivity index (χ0) is 15.8. The average molecular weight is 301 g/mol. The van der Waals surface area contributed by atoms with Crippen LogP contribution in [-0.4, -0.2) is 26.1 Å². The Morgan fingerprint density at radius 1 is 1.09 bits per heavy atom.